The van der Waals surface area contributed by atoms with Crippen LogP contribution in [0, 0.1) is 11.6 Å². The Morgan fingerprint density at radius 2 is 1.59 bits per heavy atom. The lowest BCUT2D eigenvalue weighted by molar-refractivity contribution is 0.104. The molecule has 4 nitrogen and oxygen atoms in total. The highest BCUT2D eigenvalue weighted by atomic mass is 35.5. The number of halogens is 3. The first-order valence-electron chi connectivity index (χ1n) is 8.06. The standard InChI is InChI=1S/C20H16ClF2N3O/c1-25(2)20-24-17(11-12-18(27)13-3-5-14(22)6-4-13)19(21)26(20)16-9-7-15(23)8-10-16/h3-12H,1-2H3/b12-11+. The van der Waals surface area contributed by atoms with Gasteiger partial charge in [0.25, 0.3) is 0 Å². The maximum absolute atomic E-state index is 13.2. The van der Waals surface area contributed by atoms with E-state index in [9.17, 15) is 13.6 Å². The fraction of sp³-hybridized carbons (Fsp3) is 0.100. The Labute approximate surface area is 160 Å². The third kappa shape index (κ3) is 4.06. The summed E-state index contributed by atoms with van der Waals surface area (Å²) >= 11 is 6.47. The average molecular weight is 388 g/mol. The molecule has 0 aliphatic heterocycles. The Hall–Kier alpha value is -2.99. The quantitative estimate of drug-likeness (QED) is 0.467. The van der Waals surface area contributed by atoms with Gasteiger partial charge in [0.15, 0.2) is 5.78 Å². The van der Waals surface area contributed by atoms with E-state index in [0.29, 0.717) is 22.9 Å². The second kappa shape index (κ2) is 7.72. The van der Waals surface area contributed by atoms with Crippen LogP contribution in [0.1, 0.15) is 16.1 Å². The number of rotatable bonds is 5. The highest BCUT2D eigenvalue weighted by Gasteiger charge is 2.17. The van der Waals surface area contributed by atoms with E-state index in [1.54, 1.807) is 35.7 Å². The summed E-state index contributed by atoms with van der Waals surface area (Å²) in [6.07, 6.45) is 2.83. The van der Waals surface area contributed by atoms with Crippen LogP contribution in [0.4, 0.5) is 14.7 Å². The number of hydrogen-bond donors (Lipinski definition) is 0. The van der Waals surface area contributed by atoms with E-state index in [1.165, 1.54) is 48.6 Å². The molecule has 0 amide bonds. The van der Waals surface area contributed by atoms with E-state index >= 15 is 0 Å². The molecule has 3 rings (SSSR count). The van der Waals surface area contributed by atoms with Crippen molar-refractivity contribution in [1.82, 2.24) is 9.55 Å². The molecule has 0 saturated carbocycles. The average Bonchev–Trinajstić information content (AvgIpc) is 2.98. The van der Waals surface area contributed by atoms with Crippen molar-refractivity contribution >= 4 is 29.4 Å². The summed E-state index contributed by atoms with van der Waals surface area (Å²) in [5, 5.41) is 0.286. The van der Waals surface area contributed by atoms with Gasteiger partial charge in [0.05, 0.1) is 5.69 Å². The smallest absolute Gasteiger partial charge is 0.211 e. The molecule has 0 saturated heterocycles. The van der Waals surface area contributed by atoms with Gasteiger partial charge in [-0.25, -0.2) is 13.8 Å². The molecule has 0 aliphatic rings. The number of anilines is 1. The van der Waals surface area contributed by atoms with Crippen molar-refractivity contribution in [3.8, 4) is 5.69 Å². The molecular weight excluding hydrogens is 372 g/mol. The van der Waals surface area contributed by atoms with Crippen molar-refractivity contribution in [3.63, 3.8) is 0 Å². The molecule has 0 radical (unpaired) electrons. The van der Waals surface area contributed by atoms with Crippen molar-refractivity contribution in [2.24, 2.45) is 0 Å². The first kappa shape index (κ1) is 18.8. The summed E-state index contributed by atoms with van der Waals surface area (Å²) in [5.41, 5.74) is 1.39. The van der Waals surface area contributed by atoms with E-state index in [-0.39, 0.29) is 16.8 Å². The van der Waals surface area contributed by atoms with E-state index in [2.05, 4.69) is 4.98 Å². The summed E-state index contributed by atoms with van der Waals surface area (Å²) < 4.78 is 27.9. The van der Waals surface area contributed by atoms with Gasteiger partial charge in [-0.2, -0.15) is 0 Å². The van der Waals surface area contributed by atoms with Crippen LogP contribution in [0.25, 0.3) is 11.8 Å². The van der Waals surface area contributed by atoms with Crippen molar-refractivity contribution in [2.45, 2.75) is 0 Å². The first-order chi connectivity index (χ1) is 12.9. The van der Waals surface area contributed by atoms with Gasteiger partial charge in [0, 0.05) is 19.7 Å². The molecule has 0 bridgehead atoms. The fourth-order valence-electron chi connectivity index (χ4n) is 2.50. The van der Waals surface area contributed by atoms with Crippen LogP contribution in [-0.4, -0.2) is 29.4 Å². The van der Waals surface area contributed by atoms with Crippen molar-refractivity contribution < 1.29 is 13.6 Å². The summed E-state index contributed by atoms with van der Waals surface area (Å²) in [6.45, 7) is 0. The van der Waals surface area contributed by atoms with E-state index in [1.807, 2.05) is 0 Å². The Morgan fingerprint density at radius 3 is 2.15 bits per heavy atom. The summed E-state index contributed by atoms with van der Waals surface area (Å²) in [7, 11) is 3.60. The zero-order chi connectivity index (χ0) is 19.6. The number of carbonyl (C=O) groups excluding carboxylic acids is 1. The minimum absolute atomic E-state index is 0.286. The first-order valence-corrected chi connectivity index (χ1v) is 8.44. The molecule has 2 aromatic carbocycles. The fourth-order valence-corrected chi connectivity index (χ4v) is 2.77. The van der Waals surface area contributed by atoms with Gasteiger partial charge in [0.1, 0.15) is 22.5 Å². The van der Waals surface area contributed by atoms with E-state index in [4.69, 9.17) is 11.6 Å². The zero-order valence-electron chi connectivity index (χ0n) is 14.7. The van der Waals surface area contributed by atoms with Crippen LogP contribution in [0.3, 0.4) is 0 Å². The van der Waals surface area contributed by atoms with Crippen LogP contribution >= 0.6 is 11.6 Å². The van der Waals surface area contributed by atoms with Crippen LogP contribution in [0.2, 0.25) is 5.15 Å². The normalized spacial score (nSPS) is 11.1. The Balaban J connectivity index is 1.96. The molecule has 7 heteroatoms. The molecule has 3 aromatic rings. The minimum Gasteiger partial charge on any atom is -0.348 e. The van der Waals surface area contributed by atoms with Crippen molar-refractivity contribution in [2.75, 3.05) is 19.0 Å². The highest BCUT2D eigenvalue weighted by molar-refractivity contribution is 6.31. The van der Waals surface area contributed by atoms with Crippen LogP contribution in [0.5, 0.6) is 0 Å². The minimum atomic E-state index is -0.410. The molecule has 0 unspecified atom stereocenters. The molecule has 138 valence electrons. The topological polar surface area (TPSA) is 38.1 Å². The van der Waals surface area contributed by atoms with Gasteiger partial charge < -0.3 is 4.90 Å². The Kier molecular flexibility index (Phi) is 5.37. The molecule has 1 aromatic heterocycles. The number of benzene rings is 2. The molecule has 0 N–H and O–H groups in total. The van der Waals surface area contributed by atoms with Gasteiger partial charge >= 0.3 is 0 Å². The summed E-state index contributed by atoms with van der Waals surface area (Å²) in [5.74, 6) is -0.534. The third-order valence-electron chi connectivity index (χ3n) is 3.83. The monoisotopic (exact) mass is 387 g/mol. The Bertz CT molecular complexity index is 993. The van der Waals surface area contributed by atoms with Gasteiger partial charge in [-0.15, -0.1) is 0 Å². The molecule has 0 aliphatic carbocycles. The van der Waals surface area contributed by atoms with Gasteiger partial charge in [0.2, 0.25) is 5.95 Å². The van der Waals surface area contributed by atoms with Gasteiger partial charge in [-0.3, -0.25) is 9.36 Å². The molecule has 0 atom stereocenters. The summed E-state index contributed by atoms with van der Waals surface area (Å²) in [6, 6.07) is 11.1. The van der Waals surface area contributed by atoms with E-state index in [0.717, 1.165) is 0 Å². The number of ketones is 1. The van der Waals surface area contributed by atoms with Gasteiger partial charge in [-0.05, 0) is 60.7 Å². The Morgan fingerprint density at radius 1 is 1.04 bits per heavy atom. The predicted octanol–water partition coefficient (Wildman–Crippen LogP) is 4.77. The molecule has 0 spiro atoms. The largest absolute Gasteiger partial charge is 0.348 e. The number of nitrogens with zero attached hydrogens (tertiary/aromatic N) is 3. The van der Waals surface area contributed by atoms with Gasteiger partial charge in [-0.1, -0.05) is 11.6 Å². The van der Waals surface area contributed by atoms with Crippen molar-refractivity contribution in [3.05, 3.63) is 82.7 Å². The number of hydrogen-bond acceptors (Lipinski definition) is 3. The van der Waals surface area contributed by atoms with Crippen molar-refractivity contribution in [1.29, 1.82) is 0 Å². The van der Waals surface area contributed by atoms with Crippen LogP contribution in [0.15, 0.2) is 54.6 Å². The van der Waals surface area contributed by atoms with Crippen LogP contribution < -0.4 is 4.90 Å². The number of imidazole rings is 1. The number of aromatic nitrogens is 2. The lowest BCUT2D eigenvalue weighted by Crippen LogP contribution is -2.14. The predicted molar refractivity (Wildman–Crippen MR) is 103 cm³/mol. The lowest BCUT2D eigenvalue weighted by Gasteiger charge is -2.14. The molecular formula is C20H16ClF2N3O. The molecule has 27 heavy (non-hydrogen) atoms. The maximum atomic E-state index is 13.2. The second-order valence-electron chi connectivity index (χ2n) is 6.00. The SMILES string of the molecule is CN(C)c1nc(/C=C/C(=O)c2ccc(F)cc2)c(Cl)n1-c1ccc(F)cc1. The number of allylic oxidation sites excluding steroid dienone is 1. The summed E-state index contributed by atoms with van der Waals surface area (Å²) in [4.78, 5) is 18.4. The maximum Gasteiger partial charge on any atom is 0.211 e. The van der Waals surface area contributed by atoms with Crippen LogP contribution in [-0.2, 0) is 0 Å². The zero-order valence-corrected chi connectivity index (χ0v) is 15.4. The molecule has 0 fully saturated rings. The molecule has 1 heterocycles. The lowest BCUT2D eigenvalue weighted by atomic mass is 10.1. The third-order valence-corrected chi connectivity index (χ3v) is 4.20. The number of carbonyl (C=O) groups is 1. The highest BCUT2D eigenvalue weighted by Crippen LogP contribution is 2.29. The van der Waals surface area contributed by atoms with E-state index < -0.39 is 5.82 Å². The second-order valence-corrected chi connectivity index (χ2v) is 6.36.